The highest BCUT2D eigenvalue weighted by molar-refractivity contribution is 7.84. The second kappa shape index (κ2) is 3.99. The van der Waals surface area contributed by atoms with E-state index in [2.05, 4.69) is 25.8 Å². The molecular formula is C7H7NS. The Morgan fingerprint density at radius 3 is 2.11 bits per heavy atom. The van der Waals surface area contributed by atoms with E-state index in [1.807, 2.05) is 6.07 Å². The van der Waals surface area contributed by atoms with E-state index < -0.39 is 0 Å². The number of nitriles is 1. The fourth-order valence-electron chi connectivity index (χ4n) is 0.317. The van der Waals surface area contributed by atoms with Crippen LogP contribution >= 0.6 is 12.6 Å². The predicted molar refractivity (Wildman–Crippen MR) is 42.0 cm³/mol. The molecule has 0 fully saturated rings. The molecule has 0 aliphatic rings. The highest BCUT2D eigenvalue weighted by Crippen LogP contribution is 2.08. The Hall–Kier alpha value is -0.940. The van der Waals surface area contributed by atoms with Gasteiger partial charge < -0.3 is 0 Å². The lowest BCUT2D eigenvalue weighted by Gasteiger charge is -1.88. The maximum Gasteiger partial charge on any atom is 0.100 e. The number of hydrogen-bond acceptors (Lipinski definition) is 2. The lowest BCUT2D eigenvalue weighted by atomic mass is 10.3. The second-order valence-electron chi connectivity index (χ2n) is 1.32. The Balaban J connectivity index is 4.63. The minimum absolute atomic E-state index is 0.452. The molecule has 0 atom stereocenters. The van der Waals surface area contributed by atoms with E-state index in [0.29, 0.717) is 10.5 Å². The molecule has 0 N–H and O–H groups in total. The van der Waals surface area contributed by atoms with E-state index >= 15 is 0 Å². The molecule has 0 unspecified atom stereocenters. The van der Waals surface area contributed by atoms with Crippen molar-refractivity contribution < 1.29 is 0 Å². The SMILES string of the molecule is C=C/C(S)=C(/C#N)C=C. The lowest BCUT2D eigenvalue weighted by molar-refractivity contribution is 1.50. The number of rotatable bonds is 2. The third kappa shape index (κ3) is 2.20. The maximum absolute atomic E-state index is 8.35. The Morgan fingerprint density at radius 2 is 2.00 bits per heavy atom. The molecule has 2 heteroatoms. The molecule has 0 spiro atoms. The molecule has 0 saturated carbocycles. The highest BCUT2D eigenvalue weighted by atomic mass is 32.1. The van der Waals surface area contributed by atoms with Crippen molar-refractivity contribution in [3.8, 4) is 6.07 Å². The predicted octanol–water partition coefficient (Wildman–Crippen LogP) is 2.07. The highest BCUT2D eigenvalue weighted by Gasteiger charge is 1.90. The van der Waals surface area contributed by atoms with Gasteiger partial charge in [-0.05, 0) is 0 Å². The van der Waals surface area contributed by atoms with Crippen LogP contribution in [-0.4, -0.2) is 0 Å². The summed E-state index contributed by atoms with van der Waals surface area (Å²) in [4.78, 5) is 0.563. The summed E-state index contributed by atoms with van der Waals surface area (Å²) in [6, 6.07) is 1.92. The van der Waals surface area contributed by atoms with E-state index in [1.54, 1.807) is 0 Å². The normalized spacial score (nSPS) is 11.1. The van der Waals surface area contributed by atoms with Crippen LogP contribution in [0.1, 0.15) is 0 Å². The number of thiol groups is 1. The topological polar surface area (TPSA) is 23.8 Å². The molecule has 0 aromatic carbocycles. The summed E-state index contributed by atoms with van der Waals surface area (Å²) in [6.07, 6.45) is 2.95. The first kappa shape index (κ1) is 8.06. The molecule has 0 aromatic heterocycles. The van der Waals surface area contributed by atoms with Crippen molar-refractivity contribution in [3.63, 3.8) is 0 Å². The van der Waals surface area contributed by atoms with E-state index in [1.165, 1.54) is 12.2 Å². The van der Waals surface area contributed by atoms with E-state index in [-0.39, 0.29) is 0 Å². The van der Waals surface area contributed by atoms with Gasteiger partial charge in [-0.1, -0.05) is 25.3 Å². The van der Waals surface area contributed by atoms with Gasteiger partial charge in [-0.15, -0.1) is 12.6 Å². The standard InChI is InChI=1S/C7H7NS/c1-3-6(5-8)7(9)4-2/h3-4,9H,1-2H2/b7-6-. The van der Waals surface area contributed by atoms with Crippen molar-refractivity contribution in [3.05, 3.63) is 35.8 Å². The molecule has 46 valence electrons. The van der Waals surface area contributed by atoms with Crippen molar-refractivity contribution in [1.82, 2.24) is 0 Å². The van der Waals surface area contributed by atoms with Gasteiger partial charge in [-0.3, -0.25) is 0 Å². The van der Waals surface area contributed by atoms with Crippen LogP contribution in [-0.2, 0) is 0 Å². The minimum Gasteiger partial charge on any atom is -0.192 e. The first-order chi connectivity index (χ1) is 4.26. The van der Waals surface area contributed by atoms with Gasteiger partial charge in [0.2, 0.25) is 0 Å². The minimum atomic E-state index is 0.452. The van der Waals surface area contributed by atoms with Gasteiger partial charge in [0.05, 0.1) is 5.57 Å². The van der Waals surface area contributed by atoms with Crippen LogP contribution < -0.4 is 0 Å². The van der Waals surface area contributed by atoms with Gasteiger partial charge in [-0.2, -0.15) is 5.26 Å². The summed E-state index contributed by atoms with van der Waals surface area (Å²) in [7, 11) is 0. The van der Waals surface area contributed by atoms with Gasteiger partial charge in [0.1, 0.15) is 6.07 Å². The van der Waals surface area contributed by atoms with Crippen molar-refractivity contribution in [1.29, 1.82) is 5.26 Å². The van der Waals surface area contributed by atoms with Gasteiger partial charge in [0.25, 0.3) is 0 Å². The maximum atomic E-state index is 8.35. The summed E-state index contributed by atoms with van der Waals surface area (Å²) in [6.45, 7) is 6.87. The zero-order valence-electron chi connectivity index (χ0n) is 4.96. The largest absolute Gasteiger partial charge is 0.192 e. The first-order valence-corrected chi connectivity index (χ1v) is 2.79. The molecule has 0 aliphatic carbocycles. The Kier molecular flexibility index (Phi) is 3.57. The summed E-state index contributed by atoms with van der Waals surface area (Å²) < 4.78 is 0. The summed E-state index contributed by atoms with van der Waals surface area (Å²) in [5.41, 5.74) is 0.452. The monoisotopic (exact) mass is 137 g/mol. The molecule has 0 aromatic rings. The lowest BCUT2D eigenvalue weighted by Crippen LogP contribution is -1.72. The summed E-state index contributed by atoms with van der Waals surface area (Å²) in [5.74, 6) is 0. The van der Waals surface area contributed by atoms with Crippen LogP contribution in [0.4, 0.5) is 0 Å². The molecule has 1 nitrogen and oxygen atoms in total. The van der Waals surface area contributed by atoms with Crippen LogP contribution in [0, 0.1) is 11.3 Å². The number of allylic oxidation sites excluding steroid dienone is 3. The van der Waals surface area contributed by atoms with Crippen molar-refractivity contribution in [2.24, 2.45) is 0 Å². The van der Waals surface area contributed by atoms with Gasteiger partial charge >= 0.3 is 0 Å². The van der Waals surface area contributed by atoms with E-state index in [4.69, 9.17) is 5.26 Å². The average molecular weight is 137 g/mol. The van der Waals surface area contributed by atoms with E-state index in [0.717, 1.165) is 0 Å². The Morgan fingerprint density at radius 1 is 1.44 bits per heavy atom. The molecule has 0 rings (SSSR count). The summed E-state index contributed by atoms with van der Waals surface area (Å²) in [5, 5.41) is 8.35. The summed E-state index contributed by atoms with van der Waals surface area (Å²) >= 11 is 3.95. The first-order valence-electron chi connectivity index (χ1n) is 2.34. The molecule has 0 heterocycles. The zero-order chi connectivity index (χ0) is 7.28. The van der Waals surface area contributed by atoms with Gasteiger partial charge in [-0.25, -0.2) is 0 Å². The van der Waals surface area contributed by atoms with E-state index in [9.17, 15) is 0 Å². The fourth-order valence-corrected chi connectivity index (χ4v) is 0.459. The van der Waals surface area contributed by atoms with Crippen molar-refractivity contribution >= 4 is 12.6 Å². The Labute approximate surface area is 60.4 Å². The molecular weight excluding hydrogens is 130 g/mol. The average Bonchev–Trinajstić information content (AvgIpc) is 1.90. The van der Waals surface area contributed by atoms with Crippen LogP contribution in [0.25, 0.3) is 0 Å². The van der Waals surface area contributed by atoms with Gasteiger partial charge in [0.15, 0.2) is 0 Å². The third-order valence-electron chi connectivity index (χ3n) is 0.794. The third-order valence-corrected chi connectivity index (χ3v) is 1.22. The molecule has 0 radical (unpaired) electrons. The van der Waals surface area contributed by atoms with Crippen LogP contribution in [0.15, 0.2) is 35.8 Å². The number of nitrogens with zero attached hydrogens (tertiary/aromatic N) is 1. The Bertz CT molecular complexity index is 195. The zero-order valence-corrected chi connectivity index (χ0v) is 5.86. The van der Waals surface area contributed by atoms with Crippen molar-refractivity contribution in [2.45, 2.75) is 0 Å². The quantitative estimate of drug-likeness (QED) is 0.351. The van der Waals surface area contributed by atoms with Crippen molar-refractivity contribution in [2.75, 3.05) is 0 Å². The molecule has 0 bridgehead atoms. The van der Waals surface area contributed by atoms with Crippen LogP contribution in [0.2, 0.25) is 0 Å². The molecule has 0 amide bonds. The van der Waals surface area contributed by atoms with Crippen LogP contribution in [0.3, 0.4) is 0 Å². The molecule has 9 heavy (non-hydrogen) atoms. The van der Waals surface area contributed by atoms with Gasteiger partial charge in [0, 0.05) is 4.91 Å². The molecule has 0 saturated heterocycles. The molecule has 0 aliphatic heterocycles. The fraction of sp³-hybridized carbons (Fsp3) is 0. The number of hydrogen-bond donors (Lipinski definition) is 1. The second-order valence-corrected chi connectivity index (χ2v) is 1.80. The van der Waals surface area contributed by atoms with Crippen LogP contribution in [0.5, 0.6) is 0 Å². The smallest absolute Gasteiger partial charge is 0.100 e.